The second-order valence-electron chi connectivity index (χ2n) is 6.29. The molecule has 1 fully saturated rings. The molecule has 0 radical (unpaired) electrons. The van der Waals surface area contributed by atoms with E-state index in [0.717, 1.165) is 0 Å². The number of rotatable bonds is 4. The van der Waals surface area contributed by atoms with Crippen LogP contribution in [0.15, 0.2) is 41.5 Å². The molecule has 0 spiro atoms. The summed E-state index contributed by atoms with van der Waals surface area (Å²) in [5.74, 6) is -0.582. The van der Waals surface area contributed by atoms with E-state index in [1.165, 1.54) is 10.9 Å². The number of aromatic nitrogens is 4. The molecule has 1 aromatic carbocycles. The maximum Gasteiger partial charge on any atom is 0.280 e. The van der Waals surface area contributed by atoms with Gasteiger partial charge < -0.3 is 20.1 Å². The van der Waals surface area contributed by atoms with Gasteiger partial charge in [0.15, 0.2) is 17.4 Å². The first-order chi connectivity index (χ1) is 13.5. The van der Waals surface area contributed by atoms with Gasteiger partial charge in [-0.15, -0.1) is 0 Å². The summed E-state index contributed by atoms with van der Waals surface area (Å²) in [6.07, 6.45) is -3.54. The van der Waals surface area contributed by atoms with E-state index < -0.39 is 42.6 Å². The third-order valence-electron chi connectivity index (χ3n) is 4.49. The van der Waals surface area contributed by atoms with Crippen molar-refractivity contribution in [2.75, 3.05) is 11.9 Å². The minimum Gasteiger partial charge on any atom is -0.394 e. The van der Waals surface area contributed by atoms with E-state index in [1.54, 1.807) is 30.3 Å². The minimum atomic E-state index is -1.36. The monoisotopic (exact) mass is 387 g/mol. The smallest absolute Gasteiger partial charge is 0.280 e. The van der Waals surface area contributed by atoms with Crippen LogP contribution in [0, 0.1) is 0 Å². The van der Waals surface area contributed by atoms with E-state index in [1.807, 2.05) is 0 Å². The summed E-state index contributed by atoms with van der Waals surface area (Å²) in [6.45, 7) is -0.492. The molecular formula is C17H17N5O6. The van der Waals surface area contributed by atoms with Gasteiger partial charge in [0.2, 0.25) is 5.95 Å². The summed E-state index contributed by atoms with van der Waals surface area (Å²) in [4.78, 5) is 35.2. The quantitative estimate of drug-likeness (QED) is 0.380. The van der Waals surface area contributed by atoms with E-state index in [9.17, 15) is 24.9 Å². The van der Waals surface area contributed by atoms with Crippen LogP contribution in [0.1, 0.15) is 16.6 Å². The summed E-state index contributed by atoms with van der Waals surface area (Å²) < 4.78 is 6.72. The number of aromatic amines is 1. The number of carbonyl (C=O) groups excluding carboxylic acids is 1. The van der Waals surface area contributed by atoms with Crippen molar-refractivity contribution in [1.82, 2.24) is 19.5 Å². The van der Waals surface area contributed by atoms with Gasteiger partial charge in [-0.05, 0) is 12.1 Å². The number of anilines is 1. The molecule has 3 aromatic rings. The van der Waals surface area contributed by atoms with E-state index in [2.05, 4.69) is 20.3 Å². The van der Waals surface area contributed by atoms with Crippen LogP contribution in [0.2, 0.25) is 0 Å². The molecule has 0 aliphatic carbocycles. The third-order valence-corrected chi connectivity index (χ3v) is 4.49. The van der Waals surface area contributed by atoms with Crippen LogP contribution in [0.25, 0.3) is 11.2 Å². The van der Waals surface area contributed by atoms with Crippen molar-refractivity contribution in [3.05, 3.63) is 52.6 Å². The fourth-order valence-electron chi connectivity index (χ4n) is 3.05. The van der Waals surface area contributed by atoms with Crippen LogP contribution >= 0.6 is 0 Å². The van der Waals surface area contributed by atoms with Gasteiger partial charge in [0, 0.05) is 5.56 Å². The van der Waals surface area contributed by atoms with Crippen molar-refractivity contribution in [3.63, 3.8) is 0 Å². The molecule has 146 valence electrons. The van der Waals surface area contributed by atoms with Gasteiger partial charge >= 0.3 is 0 Å². The van der Waals surface area contributed by atoms with E-state index in [-0.39, 0.29) is 17.1 Å². The van der Waals surface area contributed by atoms with E-state index in [0.29, 0.717) is 5.56 Å². The molecule has 5 N–H and O–H groups in total. The molecule has 1 saturated heterocycles. The summed E-state index contributed by atoms with van der Waals surface area (Å²) in [6, 6.07) is 8.38. The highest BCUT2D eigenvalue weighted by molar-refractivity contribution is 6.03. The van der Waals surface area contributed by atoms with Gasteiger partial charge in [0.25, 0.3) is 11.5 Å². The van der Waals surface area contributed by atoms with E-state index in [4.69, 9.17) is 4.74 Å². The molecule has 0 saturated carbocycles. The standard InChI is InChI=1S/C17H17N5O6/c23-6-9-11(24)12(25)16(28-9)22-7-18-10-13(22)19-17(21-15(10)27)20-14(26)8-4-2-1-3-5-8/h1-5,7,9,11-12,16,23-25H,6H2,(H2,19,20,21,26,27)/t9-,11-,12-,16-/m1/s1. The highest BCUT2D eigenvalue weighted by Gasteiger charge is 2.44. The molecular weight excluding hydrogens is 370 g/mol. The van der Waals surface area contributed by atoms with Gasteiger partial charge in [-0.1, -0.05) is 18.2 Å². The number of imidazole rings is 1. The number of benzene rings is 1. The average Bonchev–Trinajstić information content (AvgIpc) is 3.24. The highest BCUT2D eigenvalue weighted by atomic mass is 16.6. The number of nitrogens with zero attached hydrogens (tertiary/aromatic N) is 3. The maximum absolute atomic E-state index is 12.3. The van der Waals surface area contributed by atoms with Crippen LogP contribution in [0.4, 0.5) is 5.95 Å². The first-order valence-electron chi connectivity index (χ1n) is 8.45. The predicted molar refractivity (Wildman–Crippen MR) is 95.6 cm³/mol. The first kappa shape index (κ1) is 18.3. The van der Waals surface area contributed by atoms with Gasteiger partial charge in [-0.25, -0.2) is 4.98 Å². The second-order valence-corrected chi connectivity index (χ2v) is 6.29. The normalized spacial score (nSPS) is 24.5. The molecule has 11 nitrogen and oxygen atoms in total. The first-order valence-corrected chi connectivity index (χ1v) is 8.45. The Morgan fingerprint density at radius 3 is 2.68 bits per heavy atom. The van der Waals surface area contributed by atoms with Crippen molar-refractivity contribution in [2.45, 2.75) is 24.5 Å². The zero-order valence-corrected chi connectivity index (χ0v) is 14.4. The zero-order chi connectivity index (χ0) is 19.8. The lowest BCUT2D eigenvalue weighted by Crippen LogP contribution is -2.33. The molecule has 11 heteroatoms. The van der Waals surface area contributed by atoms with Crippen LogP contribution in [-0.4, -0.2) is 65.7 Å². The molecule has 1 aliphatic rings. The van der Waals surface area contributed by atoms with Crippen LogP contribution in [0.3, 0.4) is 0 Å². The number of fused-ring (bicyclic) bond motifs is 1. The Bertz CT molecular complexity index is 1060. The minimum absolute atomic E-state index is 0.0320. The predicted octanol–water partition coefficient (Wildman–Crippen LogP) is -1.02. The molecule has 0 unspecified atom stereocenters. The Balaban J connectivity index is 1.69. The molecule has 2 aromatic heterocycles. The maximum atomic E-state index is 12.3. The Labute approximate surface area is 157 Å². The van der Waals surface area contributed by atoms with E-state index >= 15 is 0 Å². The number of hydrogen-bond donors (Lipinski definition) is 5. The Morgan fingerprint density at radius 2 is 2.00 bits per heavy atom. The lowest BCUT2D eigenvalue weighted by Gasteiger charge is -2.16. The van der Waals surface area contributed by atoms with Crippen molar-refractivity contribution in [1.29, 1.82) is 0 Å². The molecule has 4 rings (SSSR count). The Hall–Kier alpha value is -3.12. The second kappa shape index (κ2) is 7.13. The van der Waals surface area contributed by atoms with Gasteiger partial charge in [-0.3, -0.25) is 24.5 Å². The van der Waals surface area contributed by atoms with Crippen molar-refractivity contribution >= 4 is 23.0 Å². The molecule has 3 heterocycles. The number of carbonyl (C=O) groups is 1. The number of hydrogen-bond acceptors (Lipinski definition) is 8. The number of amides is 1. The molecule has 1 amide bonds. The summed E-state index contributed by atoms with van der Waals surface area (Å²) in [7, 11) is 0. The lowest BCUT2D eigenvalue weighted by molar-refractivity contribution is -0.0511. The number of ether oxygens (including phenoxy) is 1. The molecule has 0 bridgehead atoms. The molecule has 1 aliphatic heterocycles. The van der Waals surface area contributed by atoms with Gasteiger partial charge in [0.05, 0.1) is 12.9 Å². The fraction of sp³-hybridized carbons (Fsp3) is 0.294. The largest absolute Gasteiger partial charge is 0.394 e. The van der Waals surface area contributed by atoms with Crippen molar-refractivity contribution < 1.29 is 24.9 Å². The topological polar surface area (TPSA) is 163 Å². The Kier molecular flexibility index (Phi) is 4.65. The number of aliphatic hydroxyl groups is 3. The number of aliphatic hydroxyl groups excluding tert-OH is 3. The van der Waals surface area contributed by atoms with Crippen molar-refractivity contribution in [2.24, 2.45) is 0 Å². The van der Waals surface area contributed by atoms with Crippen LogP contribution in [-0.2, 0) is 4.74 Å². The number of nitrogens with one attached hydrogen (secondary N) is 2. The third kappa shape index (κ3) is 3.05. The van der Waals surface area contributed by atoms with Crippen molar-refractivity contribution in [3.8, 4) is 0 Å². The Morgan fingerprint density at radius 1 is 1.25 bits per heavy atom. The highest BCUT2D eigenvalue weighted by Crippen LogP contribution is 2.30. The average molecular weight is 387 g/mol. The van der Waals surface area contributed by atoms with Gasteiger partial charge in [-0.2, -0.15) is 4.98 Å². The van der Waals surface area contributed by atoms with Crippen LogP contribution < -0.4 is 10.9 Å². The summed E-state index contributed by atoms with van der Waals surface area (Å²) >= 11 is 0. The van der Waals surface area contributed by atoms with Gasteiger partial charge in [0.1, 0.15) is 18.3 Å². The summed E-state index contributed by atoms with van der Waals surface area (Å²) in [5.41, 5.74) is -0.210. The zero-order valence-electron chi connectivity index (χ0n) is 14.4. The molecule has 28 heavy (non-hydrogen) atoms. The van der Waals surface area contributed by atoms with Crippen LogP contribution in [0.5, 0.6) is 0 Å². The summed E-state index contributed by atoms with van der Waals surface area (Å²) in [5, 5.41) is 31.9. The lowest BCUT2D eigenvalue weighted by atomic mass is 10.1. The molecule has 4 atom stereocenters. The number of H-pyrrole nitrogens is 1. The SMILES string of the molecule is O=C(Nc1nc2c(ncn2[C@@H]2O[C@H](CO)[C@@H](O)[C@H]2O)c(=O)[nH]1)c1ccccc1. The fourth-order valence-corrected chi connectivity index (χ4v) is 3.05.